The Morgan fingerprint density at radius 3 is 2.71 bits per heavy atom. The predicted octanol–water partition coefficient (Wildman–Crippen LogP) is -0.707. The lowest BCUT2D eigenvalue weighted by atomic mass is 10.1. The summed E-state index contributed by atoms with van der Waals surface area (Å²) in [6.07, 6.45) is 0. The minimum Gasteiger partial charge on any atom is -0.353 e. The van der Waals surface area contributed by atoms with Crippen molar-refractivity contribution < 1.29 is 9.59 Å². The van der Waals surface area contributed by atoms with E-state index in [1.54, 1.807) is 9.58 Å². The smallest absolute Gasteiger partial charge is 0.257 e. The van der Waals surface area contributed by atoms with Gasteiger partial charge < -0.3 is 10.2 Å². The summed E-state index contributed by atoms with van der Waals surface area (Å²) in [6.45, 7) is 7.19. The highest BCUT2D eigenvalue weighted by atomic mass is 16.2. The number of nitrogens with zero attached hydrogens (tertiary/aromatic N) is 4. The summed E-state index contributed by atoms with van der Waals surface area (Å²) in [7, 11) is 1.84. The number of aryl methyl sites for hydroxylation is 2. The van der Waals surface area contributed by atoms with E-state index in [9.17, 15) is 9.59 Å². The lowest BCUT2D eigenvalue weighted by Crippen LogP contribution is -2.64. The summed E-state index contributed by atoms with van der Waals surface area (Å²) >= 11 is 0. The molecule has 1 N–H and O–H groups in total. The molecule has 2 fully saturated rings. The third-order valence-corrected chi connectivity index (χ3v) is 4.50. The molecular formula is C14H21N5O2. The van der Waals surface area contributed by atoms with Crippen molar-refractivity contribution in [1.29, 1.82) is 0 Å². The second kappa shape index (κ2) is 5.14. The molecule has 1 aromatic heterocycles. The van der Waals surface area contributed by atoms with Crippen LogP contribution in [-0.4, -0.2) is 70.2 Å². The fourth-order valence-corrected chi connectivity index (χ4v) is 3.20. The van der Waals surface area contributed by atoms with E-state index in [1.165, 1.54) is 0 Å². The summed E-state index contributed by atoms with van der Waals surface area (Å²) < 4.78 is 1.73. The van der Waals surface area contributed by atoms with Crippen LogP contribution in [0, 0.1) is 13.8 Å². The molecule has 1 aromatic rings. The highest BCUT2D eigenvalue weighted by molar-refractivity contribution is 5.97. The Bertz CT molecular complexity index is 594. The Balaban J connectivity index is 1.81. The van der Waals surface area contributed by atoms with Crippen molar-refractivity contribution >= 4 is 11.8 Å². The molecule has 0 aliphatic carbocycles. The monoisotopic (exact) mass is 291 g/mol. The molecule has 0 spiro atoms. The number of hydrogen-bond acceptors (Lipinski definition) is 4. The third-order valence-electron chi connectivity index (χ3n) is 4.50. The van der Waals surface area contributed by atoms with E-state index in [-0.39, 0.29) is 17.9 Å². The molecule has 2 aliphatic rings. The van der Waals surface area contributed by atoms with Gasteiger partial charge in [-0.2, -0.15) is 5.10 Å². The summed E-state index contributed by atoms with van der Waals surface area (Å²) in [5, 5.41) is 7.17. The first-order valence-electron chi connectivity index (χ1n) is 7.30. The lowest BCUT2D eigenvalue weighted by Gasteiger charge is -2.43. The van der Waals surface area contributed by atoms with Crippen molar-refractivity contribution in [2.45, 2.75) is 19.9 Å². The van der Waals surface area contributed by atoms with Gasteiger partial charge in [-0.3, -0.25) is 19.2 Å². The Labute approximate surface area is 123 Å². The minimum atomic E-state index is -0.214. The first kappa shape index (κ1) is 14.1. The summed E-state index contributed by atoms with van der Waals surface area (Å²) in [5.41, 5.74) is 2.28. The van der Waals surface area contributed by atoms with E-state index in [2.05, 4.69) is 15.3 Å². The Morgan fingerprint density at radius 2 is 2.05 bits per heavy atom. The van der Waals surface area contributed by atoms with Gasteiger partial charge in [-0.1, -0.05) is 0 Å². The molecule has 2 saturated heterocycles. The molecule has 2 aliphatic heterocycles. The number of hydrogen-bond donors (Lipinski definition) is 1. The molecule has 3 rings (SSSR count). The third kappa shape index (κ3) is 2.31. The number of fused-ring (bicyclic) bond motifs is 1. The van der Waals surface area contributed by atoms with Crippen LogP contribution in [0.15, 0.2) is 0 Å². The number of nitrogens with one attached hydrogen (secondary N) is 1. The van der Waals surface area contributed by atoms with Crippen molar-refractivity contribution in [3.05, 3.63) is 17.0 Å². The van der Waals surface area contributed by atoms with Gasteiger partial charge in [-0.25, -0.2) is 0 Å². The van der Waals surface area contributed by atoms with E-state index < -0.39 is 0 Å². The van der Waals surface area contributed by atoms with Gasteiger partial charge in [-0.15, -0.1) is 0 Å². The topological polar surface area (TPSA) is 70.5 Å². The van der Waals surface area contributed by atoms with Crippen LogP contribution in [0.1, 0.15) is 21.7 Å². The van der Waals surface area contributed by atoms with Gasteiger partial charge in [0, 0.05) is 45.5 Å². The van der Waals surface area contributed by atoms with E-state index in [0.29, 0.717) is 25.2 Å². The fraction of sp³-hybridized carbons (Fsp3) is 0.643. The highest BCUT2D eigenvalue weighted by Gasteiger charge is 2.37. The number of piperazine rings is 2. The highest BCUT2D eigenvalue weighted by Crippen LogP contribution is 2.19. The number of carbonyl (C=O) groups excluding carboxylic acids is 2. The molecule has 114 valence electrons. The van der Waals surface area contributed by atoms with Crippen LogP contribution in [0.2, 0.25) is 0 Å². The maximum atomic E-state index is 12.8. The maximum Gasteiger partial charge on any atom is 0.257 e. The molecule has 3 heterocycles. The first-order chi connectivity index (χ1) is 9.99. The number of aromatic nitrogens is 2. The number of amides is 2. The zero-order valence-electron chi connectivity index (χ0n) is 12.7. The van der Waals surface area contributed by atoms with Crippen LogP contribution < -0.4 is 5.32 Å². The van der Waals surface area contributed by atoms with Crippen LogP contribution in [0.25, 0.3) is 0 Å². The molecule has 0 bridgehead atoms. The van der Waals surface area contributed by atoms with Gasteiger partial charge in [0.25, 0.3) is 5.91 Å². The average Bonchev–Trinajstić information content (AvgIpc) is 2.71. The van der Waals surface area contributed by atoms with Crippen LogP contribution in [0.4, 0.5) is 0 Å². The molecule has 0 radical (unpaired) electrons. The van der Waals surface area contributed by atoms with Crippen molar-refractivity contribution in [3.8, 4) is 0 Å². The Kier molecular flexibility index (Phi) is 3.44. The summed E-state index contributed by atoms with van der Waals surface area (Å²) in [6, 6.07) is -0.214. The molecule has 0 unspecified atom stereocenters. The van der Waals surface area contributed by atoms with E-state index in [4.69, 9.17) is 0 Å². The quantitative estimate of drug-likeness (QED) is 0.742. The van der Waals surface area contributed by atoms with Gasteiger partial charge in [0.2, 0.25) is 5.91 Å². The zero-order valence-corrected chi connectivity index (χ0v) is 12.7. The Hall–Kier alpha value is -1.89. The van der Waals surface area contributed by atoms with Crippen molar-refractivity contribution in [2.75, 3.05) is 32.7 Å². The van der Waals surface area contributed by atoms with Gasteiger partial charge in [0.05, 0.1) is 11.3 Å². The van der Waals surface area contributed by atoms with Crippen molar-refractivity contribution in [2.24, 2.45) is 7.05 Å². The standard InChI is InChI=1S/C14H21N5O2/c1-9-12(10(2)17(3)16-9)14(21)19-7-6-18-5-4-15-13(20)11(18)8-19/h11H,4-8H2,1-3H3,(H,15,20)/t11-/m0/s1. The van der Waals surface area contributed by atoms with E-state index in [1.807, 2.05) is 20.9 Å². The second-order valence-corrected chi connectivity index (χ2v) is 5.76. The van der Waals surface area contributed by atoms with Crippen LogP contribution in [-0.2, 0) is 11.8 Å². The lowest BCUT2D eigenvalue weighted by molar-refractivity contribution is -0.131. The predicted molar refractivity (Wildman–Crippen MR) is 77.0 cm³/mol. The van der Waals surface area contributed by atoms with Gasteiger partial charge >= 0.3 is 0 Å². The molecular weight excluding hydrogens is 270 g/mol. The second-order valence-electron chi connectivity index (χ2n) is 5.76. The van der Waals surface area contributed by atoms with Crippen LogP contribution in [0.5, 0.6) is 0 Å². The number of carbonyl (C=O) groups is 2. The largest absolute Gasteiger partial charge is 0.353 e. The van der Waals surface area contributed by atoms with Gasteiger partial charge in [0.15, 0.2) is 0 Å². The first-order valence-corrected chi connectivity index (χ1v) is 7.30. The van der Waals surface area contributed by atoms with E-state index in [0.717, 1.165) is 24.5 Å². The molecule has 21 heavy (non-hydrogen) atoms. The average molecular weight is 291 g/mol. The Morgan fingerprint density at radius 1 is 1.29 bits per heavy atom. The molecule has 0 saturated carbocycles. The fourth-order valence-electron chi connectivity index (χ4n) is 3.20. The van der Waals surface area contributed by atoms with Crippen LogP contribution in [0.3, 0.4) is 0 Å². The summed E-state index contributed by atoms with van der Waals surface area (Å²) in [5.74, 6) is 0.00880. The van der Waals surface area contributed by atoms with Crippen molar-refractivity contribution in [1.82, 2.24) is 24.9 Å². The van der Waals surface area contributed by atoms with Gasteiger partial charge in [0.1, 0.15) is 6.04 Å². The summed E-state index contributed by atoms with van der Waals surface area (Å²) in [4.78, 5) is 28.7. The molecule has 7 heteroatoms. The van der Waals surface area contributed by atoms with Crippen LogP contribution >= 0.6 is 0 Å². The van der Waals surface area contributed by atoms with Crippen molar-refractivity contribution in [3.63, 3.8) is 0 Å². The SMILES string of the molecule is Cc1nn(C)c(C)c1C(=O)N1CCN2CCNC(=O)[C@@H]2C1. The molecule has 0 aromatic carbocycles. The minimum absolute atomic E-state index is 0.0175. The van der Waals surface area contributed by atoms with E-state index >= 15 is 0 Å². The normalized spacial score (nSPS) is 22.9. The number of rotatable bonds is 1. The molecule has 7 nitrogen and oxygen atoms in total. The molecule has 2 amide bonds. The zero-order chi connectivity index (χ0) is 15.1. The molecule has 1 atom stereocenters. The van der Waals surface area contributed by atoms with Gasteiger partial charge in [-0.05, 0) is 13.8 Å². The maximum absolute atomic E-state index is 12.8.